The molecule has 0 aliphatic heterocycles. The molecule has 0 aromatic heterocycles. The molecule has 0 radical (unpaired) electrons. The molecule has 1 aromatic rings. The van der Waals surface area contributed by atoms with Crippen LogP contribution in [-0.4, -0.2) is 25.5 Å². The molecule has 1 fully saturated rings. The van der Waals surface area contributed by atoms with E-state index in [1.807, 2.05) is 4.72 Å². The van der Waals surface area contributed by atoms with Crippen LogP contribution in [0.1, 0.15) is 64.2 Å². The van der Waals surface area contributed by atoms with E-state index in [-0.39, 0.29) is 24.3 Å². The number of hydrogen-bond acceptors (Lipinski definition) is 4. The maximum atomic E-state index is 12.9. The first kappa shape index (κ1) is 21.3. The molecule has 2 amide bonds. The lowest BCUT2D eigenvalue weighted by Gasteiger charge is -2.18. The molecule has 1 unspecified atom stereocenters. The van der Waals surface area contributed by atoms with Crippen LogP contribution >= 0.6 is 0 Å². The summed E-state index contributed by atoms with van der Waals surface area (Å²) in [7, 11) is -4.13. The highest BCUT2D eigenvalue weighted by Gasteiger charge is 2.33. The van der Waals surface area contributed by atoms with E-state index in [1.54, 1.807) is 0 Å². The van der Waals surface area contributed by atoms with Gasteiger partial charge in [0.2, 0.25) is 10.0 Å². The minimum atomic E-state index is -4.13. The standard InChI is InChI=1S/C19H27FN2O4S/c20-15-11-13-16(14-12-15)21-19(24)22-27(25,26)18-10-8-6-4-2-1-3-5-7-9-17(18)23/h11-14,18H,1-10H2,(H2,21,22,24). The number of ketones is 1. The quantitative estimate of drug-likeness (QED) is 0.801. The van der Waals surface area contributed by atoms with E-state index in [0.29, 0.717) is 12.8 Å². The van der Waals surface area contributed by atoms with Crippen LogP contribution in [0.25, 0.3) is 0 Å². The normalized spacial score (nSPS) is 20.2. The Morgan fingerprint density at radius 1 is 0.926 bits per heavy atom. The Hall–Kier alpha value is -1.96. The van der Waals surface area contributed by atoms with Gasteiger partial charge in [0, 0.05) is 12.1 Å². The van der Waals surface area contributed by atoms with Crippen molar-refractivity contribution in [2.45, 2.75) is 69.5 Å². The molecular formula is C19H27FN2O4S. The highest BCUT2D eigenvalue weighted by Crippen LogP contribution is 2.19. The van der Waals surface area contributed by atoms with E-state index in [4.69, 9.17) is 0 Å². The molecule has 1 aliphatic carbocycles. The summed E-state index contributed by atoms with van der Waals surface area (Å²) in [5.74, 6) is -0.801. The highest BCUT2D eigenvalue weighted by atomic mass is 32.2. The number of anilines is 1. The van der Waals surface area contributed by atoms with Crippen LogP contribution in [0, 0.1) is 5.82 Å². The average molecular weight is 399 g/mol. The van der Waals surface area contributed by atoms with Gasteiger partial charge in [-0.3, -0.25) is 4.79 Å². The Balaban J connectivity index is 2.01. The largest absolute Gasteiger partial charge is 0.332 e. The molecule has 150 valence electrons. The highest BCUT2D eigenvalue weighted by molar-refractivity contribution is 7.91. The molecular weight excluding hydrogens is 371 g/mol. The van der Waals surface area contributed by atoms with Crippen molar-refractivity contribution in [3.05, 3.63) is 30.1 Å². The van der Waals surface area contributed by atoms with E-state index in [9.17, 15) is 22.4 Å². The molecule has 2 N–H and O–H groups in total. The number of Topliss-reactive ketones (excluding diaryl/α,β-unsaturated/α-hetero) is 1. The number of urea groups is 1. The zero-order valence-electron chi connectivity index (χ0n) is 15.4. The summed E-state index contributed by atoms with van der Waals surface area (Å²) in [5, 5.41) is 1.13. The van der Waals surface area contributed by atoms with Gasteiger partial charge in [-0.2, -0.15) is 0 Å². The second-order valence-electron chi connectivity index (χ2n) is 6.93. The third kappa shape index (κ3) is 7.28. The predicted octanol–water partition coefficient (Wildman–Crippen LogP) is 4.13. The third-order valence-electron chi connectivity index (χ3n) is 4.71. The van der Waals surface area contributed by atoms with E-state index >= 15 is 0 Å². The van der Waals surface area contributed by atoms with Crippen LogP contribution in [0.2, 0.25) is 0 Å². The number of carbonyl (C=O) groups is 2. The van der Waals surface area contributed by atoms with Gasteiger partial charge in [-0.25, -0.2) is 22.3 Å². The molecule has 0 bridgehead atoms. The Morgan fingerprint density at radius 2 is 1.48 bits per heavy atom. The molecule has 8 heteroatoms. The molecule has 6 nitrogen and oxygen atoms in total. The lowest BCUT2D eigenvalue weighted by atomic mass is 10.0. The first-order valence-electron chi connectivity index (χ1n) is 9.49. The summed E-state index contributed by atoms with van der Waals surface area (Å²) in [6.07, 6.45) is 7.90. The molecule has 0 spiro atoms. The summed E-state index contributed by atoms with van der Waals surface area (Å²) >= 11 is 0. The molecule has 1 aliphatic rings. The predicted molar refractivity (Wildman–Crippen MR) is 102 cm³/mol. The SMILES string of the molecule is O=C(Nc1ccc(F)cc1)NS(=O)(=O)C1CCCCCCCCCCC1=O. The lowest BCUT2D eigenvalue weighted by molar-refractivity contribution is -0.118. The summed E-state index contributed by atoms with van der Waals surface area (Å²) in [6.45, 7) is 0. The van der Waals surface area contributed by atoms with Crippen LogP contribution in [0.5, 0.6) is 0 Å². The third-order valence-corrected chi connectivity index (χ3v) is 6.43. The van der Waals surface area contributed by atoms with E-state index in [2.05, 4.69) is 5.32 Å². The molecule has 0 saturated heterocycles. The Labute approximate surface area is 160 Å². The first-order valence-corrected chi connectivity index (χ1v) is 11.0. The van der Waals surface area contributed by atoms with Gasteiger partial charge in [-0.1, -0.05) is 44.9 Å². The number of amides is 2. The van der Waals surface area contributed by atoms with Crippen LogP contribution in [0.4, 0.5) is 14.9 Å². The number of hydrogen-bond donors (Lipinski definition) is 2. The monoisotopic (exact) mass is 398 g/mol. The van der Waals surface area contributed by atoms with Crippen LogP contribution in [0.15, 0.2) is 24.3 Å². The lowest BCUT2D eigenvalue weighted by Crippen LogP contribution is -2.44. The Kier molecular flexibility index (Phi) is 8.22. The molecule has 0 heterocycles. The summed E-state index contributed by atoms with van der Waals surface area (Å²) in [4.78, 5) is 24.5. The van der Waals surface area contributed by atoms with Crippen molar-refractivity contribution in [1.82, 2.24) is 4.72 Å². The Bertz CT molecular complexity index is 735. The zero-order chi connectivity index (χ0) is 19.7. The fraction of sp³-hybridized carbons (Fsp3) is 0.579. The summed E-state index contributed by atoms with van der Waals surface area (Å²) < 4.78 is 40.1. The van der Waals surface area contributed by atoms with Crippen molar-refractivity contribution in [2.24, 2.45) is 0 Å². The zero-order valence-corrected chi connectivity index (χ0v) is 16.2. The second-order valence-corrected chi connectivity index (χ2v) is 8.79. The van der Waals surface area contributed by atoms with Crippen molar-refractivity contribution in [3.63, 3.8) is 0 Å². The van der Waals surface area contributed by atoms with Crippen molar-refractivity contribution < 1.29 is 22.4 Å². The van der Waals surface area contributed by atoms with Gasteiger partial charge in [0.1, 0.15) is 11.1 Å². The number of halogens is 1. The van der Waals surface area contributed by atoms with Crippen molar-refractivity contribution in [1.29, 1.82) is 0 Å². The molecule has 1 atom stereocenters. The second kappa shape index (κ2) is 10.4. The fourth-order valence-corrected chi connectivity index (χ4v) is 4.62. The van der Waals surface area contributed by atoms with E-state index < -0.39 is 27.1 Å². The van der Waals surface area contributed by atoms with Gasteiger partial charge < -0.3 is 5.32 Å². The van der Waals surface area contributed by atoms with Gasteiger partial charge in [0.25, 0.3) is 0 Å². The van der Waals surface area contributed by atoms with Crippen LogP contribution < -0.4 is 10.0 Å². The molecule has 1 aromatic carbocycles. The van der Waals surface area contributed by atoms with Crippen molar-refractivity contribution in [2.75, 3.05) is 5.32 Å². The fourth-order valence-electron chi connectivity index (χ4n) is 3.23. The van der Waals surface area contributed by atoms with Crippen LogP contribution in [0.3, 0.4) is 0 Å². The number of rotatable bonds is 3. The van der Waals surface area contributed by atoms with Gasteiger partial charge in [-0.05, 0) is 37.1 Å². The minimum Gasteiger partial charge on any atom is -0.307 e. The van der Waals surface area contributed by atoms with Gasteiger partial charge in [0.05, 0.1) is 0 Å². The average Bonchev–Trinajstić information content (AvgIpc) is 2.59. The molecule has 27 heavy (non-hydrogen) atoms. The van der Waals surface area contributed by atoms with E-state index in [1.165, 1.54) is 12.1 Å². The minimum absolute atomic E-state index is 0.213. The number of carbonyl (C=O) groups excluding carboxylic acids is 2. The van der Waals surface area contributed by atoms with E-state index in [0.717, 1.165) is 50.7 Å². The first-order chi connectivity index (χ1) is 12.9. The molecule has 1 saturated carbocycles. The van der Waals surface area contributed by atoms with Crippen molar-refractivity contribution >= 4 is 27.5 Å². The van der Waals surface area contributed by atoms with Gasteiger partial charge in [0.15, 0.2) is 5.78 Å². The number of sulfonamides is 1. The summed E-state index contributed by atoms with van der Waals surface area (Å²) in [6, 6.07) is 3.99. The van der Waals surface area contributed by atoms with Crippen molar-refractivity contribution in [3.8, 4) is 0 Å². The van der Waals surface area contributed by atoms with Crippen LogP contribution in [-0.2, 0) is 14.8 Å². The topological polar surface area (TPSA) is 92.3 Å². The summed E-state index contributed by atoms with van der Waals surface area (Å²) in [5.41, 5.74) is 0.258. The van der Waals surface area contributed by atoms with Gasteiger partial charge >= 0.3 is 6.03 Å². The number of nitrogens with one attached hydrogen (secondary N) is 2. The smallest absolute Gasteiger partial charge is 0.307 e. The molecule has 2 rings (SSSR count). The Morgan fingerprint density at radius 3 is 2.11 bits per heavy atom. The maximum absolute atomic E-state index is 12.9. The number of benzene rings is 1. The van der Waals surface area contributed by atoms with Gasteiger partial charge in [-0.15, -0.1) is 0 Å². The maximum Gasteiger partial charge on any atom is 0.332 e.